The molecule has 2 heterocycles. The molecule has 6 heteroatoms. The van der Waals surface area contributed by atoms with Crippen LogP contribution in [0.5, 0.6) is 0 Å². The van der Waals surface area contributed by atoms with Crippen molar-refractivity contribution in [2.24, 2.45) is 5.84 Å². The van der Waals surface area contributed by atoms with E-state index in [1.165, 1.54) is 47.5 Å². The lowest BCUT2D eigenvalue weighted by atomic mass is 10.1. The van der Waals surface area contributed by atoms with Gasteiger partial charge in [-0.1, -0.05) is 103 Å². The Morgan fingerprint density at radius 1 is 0.717 bits per heavy atom. The fourth-order valence-corrected chi connectivity index (χ4v) is 7.81. The van der Waals surface area contributed by atoms with E-state index in [0.29, 0.717) is 18.7 Å². The molecule has 46 heavy (non-hydrogen) atoms. The van der Waals surface area contributed by atoms with Gasteiger partial charge in [-0.25, -0.2) is 5.01 Å². The first-order valence-corrected chi connectivity index (χ1v) is 16.2. The Bertz CT molecular complexity index is 2380. The van der Waals surface area contributed by atoms with Crippen LogP contribution >= 0.6 is 11.3 Å². The molecule has 0 aliphatic heterocycles. The Balaban J connectivity index is 1.20. The summed E-state index contributed by atoms with van der Waals surface area (Å²) in [4.78, 5) is 0. The highest BCUT2D eigenvalue weighted by molar-refractivity contribution is 7.26. The van der Waals surface area contributed by atoms with Crippen molar-refractivity contribution in [3.05, 3.63) is 162 Å². The molecule has 0 radical (unpaired) electrons. The number of hydrogen-bond acceptors (Lipinski definition) is 5. The van der Waals surface area contributed by atoms with Gasteiger partial charge in [-0.15, -0.1) is 11.3 Å². The van der Waals surface area contributed by atoms with E-state index in [1.807, 2.05) is 58.8 Å². The van der Waals surface area contributed by atoms with Crippen LogP contribution in [0.3, 0.4) is 0 Å². The predicted molar refractivity (Wildman–Crippen MR) is 191 cm³/mol. The van der Waals surface area contributed by atoms with Gasteiger partial charge in [0, 0.05) is 45.0 Å². The lowest BCUT2D eigenvalue weighted by molar-refractivity contribution is 0.158. The smallest absolute Gasteiger partial charge is 0.0996 e. The Hall–Kier alpha value is -5.29. The number of benzene rings is 6. The van der Waals surface area contributed by atoms with Crippen molar-refractivity contribution in [3.63, 3.8) is 0 Å². The largest absolute Gasteiger partial charge is 0.308 e. The average molecular weight is 614 g/mol. The molecule has 0 saturated carbocycles. The van der Waals surface area contributed by atoms with Gasteiger partial charge in [-0.2, -0.15) is 5.26 Å². The molecule has 8 rings (SSSR count). The van der Waals surface area contributed by atoms with E-state index >= 15 is 0 Å². The zero-order valence-electron chi connectivity index (χ0n) is 25.1. The van der Waals surface area contributed by atoms with Gasteiger partial charge in [-0.3, -0.25) is 11.2 Å². The summed E-state index contributed by atoms with van der Waals surface area (Å²) in [5, 5.41) is 19.9. The highest BCUT2D eigenvalue weighted by atomic mass is 32.1. The SMILES string of the molecule is N#Cc1ccc(C(NCc2ccccc2)N(N)Cc2cccc(-n3c4ccccc4c4ccc5c6ccccc6sc5c43)c2)cc1. The third kappa shape index (κ3) is 5.02. The van der Waals surface area contributed by atoms with Crippen LogP contribution in [0.15, 0.2) is 140 Å². The van der Waals surface area contributed by atoms with E-state index in [-0.39, 0.29) is 6.17 Å². The van der Waals surface area contributed by atoms with E-state index in [4.69, 9.17) is 5.84 Å². The van der Waals surface area contributed by atoms with Gasteiger partial charge < -0.3 is 4.57 Å². The van der Waals surface area contributed by atoms with E-state index in [1.54, 1.807) is 0 Å². The third-order valence-electron chi connectivity index (χ3n) is 8.74. The number of thiophene rings is 1. The topological polar surface area (TPSA) is 70.0 Å². The van der Waals surface area contributed by atoms with Gasteiger partial charge in [0.2, 0.25) is 0 Å². The van der Waals surface area contributed by atoms with E-state index in [9.17, 15) is 5.26 Å². The van der Waals surface area contributed by atoms with Crippen molar-refractivity contribution < 1.29 is 0 Å². The number of hydrogen-bond donors (Lipinski definition) is 2. The molecule has 8 aromatic rings. The summed E-state index contributed by atoms with van der Waals surface area (Å²) >= 11 is 1.86. The molecule has 6 aromatic carbocycles. The zero-order valence-corrected chi connectivity index (χ0v) is 25.9. The van der Waals surface area contributed by atoms with Crippen LogP contribution in [0.25, 0.3) is 47.7 Å². The quantitative estimate of drug-likeness (QED) is 0.102. The molecule has 0 spiro atoms. The Labute approximate surface area is 271 Å². The van der Waals surface area contributed by atoms with Gasteiger partial charge in [0.25, 0.3) is 0 Å². The zero-order chi connectivity index (χ0) is 31.0. The van der Waals surface area contributed by atoms with Crippen LogP contribution in [0, 0.1) is 11.3 Å². The van der Waals surface area contributed by atoms with Crippen molar-refractivity contribution in [1.82, 2.24) is 14.9 Å². The molecule has 1 atom stereocenters. The lowest BCUT2D eigenvalue weighted by Crippen LogP contribution is -2.42. The minimum atomic E-state index is -0.261. The normalized spacial score (nSPS) is 12.4. The van der Waals surface area contributed by atoms with Crippen LogP contribution in [0.1, 0.15) is 28.4 Å². The molecule has 2 aromatic heterocycles. The van der Waals surface area contributed by atoms with Crippen LogP contribution in [0.2, 0.25) is 0 Å². The van der Waals surface area contributed by atoms with E-state index in [0.717, 1.165) is 16.8 Å². The van der Waals surface area contributed by atoms with Crippen LogP contribution in [-0.2, 0) is 13.1 Å². The second-order valence-corrected chi connectivity index (χ2v) is 12.7. The Morgan fingerprint density at radius 3 is 2.26 bits per heavy atom. The molecule has 0 aliphatic carbocycles. The number of nitrogens with zero attached hydrogens (tertiary/aromatic N) is 3. The number of rotatable bonds is 8. The minimum Gasteiger partial charge on any atom is -0.308 e. The number of hydrazine groups is 1. The summed E-state index contributed by atoms with van der Waals surface area (Å²) in [6, 6.07) is 50.8. The van der Waals surface area contributed by atoms with E-state index in [2.05, 4.69) is 113 Å². The number of para-hydroxylation sites is 1. The molecule has 222 valence electrons. The third-order valence-corrected chi connectivity index (χ3v) is 9.94. The first kappa shape index (κ1) is 28.2. The standard InChI is InChI=1S/C40H31N5S/c41-24-27-17-19-30(20-18-27)40(43-25-28-9-2-1-3-10-28)44(42)26-29-11-8-12-31(23-29)45-36-15-6-4-13-32(36)34-21-22-35-33-14-5-7-16-37(33)46-39(35)38(34)45/h1-23,40,43H,25-26,42H2. The van der Waals surface area contributed by atoms with Crippen LogP contribution < -0.4 is 11.2 Å². The molecule has 3 N–H and O–H groups in total. The summed E-state index contributed by atoms with van der Waals surface area (Å²) in [5.74, 6) is 6.88. The highest BCUT2D eigenvalue weighted by Crippen LogP contribution is 2.42. The first-order chi connectivity index (χ1) is 22.7. The molecule has 0 bridgehead atoms. The number of nitrogens with two attached hydrogens (primary N) is 1. The second-order valence-electron chi connectivity index (χ2n) is 11.6. The maximum absolute atomic E-state index is 9.35. The molecular weight excluding hydrogens is 583 g/mol. The number of nitrogens with one attached hydrogen (secondary N) is 1. The van der Waals surface area contributed by atoms with Gasteiger partial charge in [0.1, 0.15) is 0 Å². The lowest BCUT2D eigenvalue weighted by Gasteiger charge is -2.29. The summed E-state index contributed by atoms with van der Waals surface area (Å²) in [6.07, 6.45) is -0.261. The molecule has 1 unspecified atom stereocenters. The summed E-state index contributed by atoms with van der Waals surface area (Å²) < 4.78 is 5.01. The number of nitriles is 1. The van der Waals surface area contributed by atoms with Gasteiger partial charge >= 0.3 is 0 Å². The molecule has 0 saturated heterocycles. The summed E-state index contributed by atoms with van der Waals surface area (Å²) in [7, 11) is 0. The maximum Gasteiger partial charge on any atom is 0.0996 e. The van der Waals surface area contributed by atoms with Crippen molar-refractivity contribution in [1.29, 1.82) is 5.26 Å². The van der Waals surface area contributed by atoms with Gasteiger partial charge in [0.15, 0.2) is 0 Å². The molecule has 0 amide bonds. The molecule has 5 nitrogen and oxygen atoms in total. The minimum absolute atomic E-state index is 0.261. The van der Waals surface area contributed by atoms with E-state index < -0.39 is 0 Å². The second kappa shape index (κ2) is 11.9. The fourth-order valence-electron chi connectivity index (χ4n) is 6.57. The van der Waals surface area contributed by atoms with Gasteiger partial charge in [-0.05, 0) is 53.1 Å². The fraction of sp³-hybridized carbons (Fsp3) is 0.0750. The monoisotopic (exact) mass is 613 g/mol. The molecule has 0 aliphatic rings. The predicted octanol–water partition coefficient (Wildman–Crippen LogP) is 9.19. The van der Waals surface area contributed by atoms with Crippen molar-refractivity contribution in [2.75, 3.05) is 0 Å². The summed E-state index contributed by atoms with van der Waals surface area (Å²) in [5.41, 5.74) is 7.44. The molecule has 0 fully saturated rings. The summed E-state index contributed by atoms with van der Waals surface area (Å²) in [6.45, 7) is 1.18. The Kier molecular flexibility index (Phi) is 7.30. The van der Waals surface area contributed by atoms with Crippen molar-refractivity contribution >= 4 is 53.3 Å². The Morgan fingerprint density at radius 2 is 1.43 bits per heavy atom. The average Bonchev–Trinajstić information content (AvgIpc) is 3.65. The van der Waals surface area contributed by atoms with Gasteiger partial charge in [0.05, 0.1) is 33.5 Å². The first-order valence-electron chi connectivity index (χ1n) is 15.4. The molecular formula is C40H31N5S. The number of fused-ring (bicyclic) bond motifs is 7. The van der Waals surface area contributed by atoms with Crippen LogP contribution in [-0.4, -0.2) is 9.58 Å². The highest BCUT2D eigenvalue weighted by Gasteiger charge is 2.20. The van der Waals surface area contributed by atoms with Crippen molar-refractivity contribution in [2.45, 2.75) is 19.3 Å². The maximum atomic E-state index is 9.35. The number of aromatic nitrogens is 1. The van der Waals surface area contributed by atoms with Crippen LogP contribution in [0.4, 0.5) is 0 Å². The van der Waals surface area contributed by atoms with Crippen molar-refractivity contribution in [3.8, 4) is 11.8 Å².